The number of tetrazole rings is 1. The van der Waals surface area contributed by atoms with E-state index in [1.165, 1.54) is 16.1 Å². The second-order valence-corrected chi connectivity index (χ2v) is 12.8. The van der Waals surface area contributed by atoms with Crippen molar-refractivity contribution >= 4 is 55.9 Å². The number of amides is 1. The van der Waals surface area contributed by atoms with Gasteiger partial charge in [-0.1, -0.05) is 28.6 Å². The molecule has 12 nitrogen and oxygen atoms in total. The molecule has 5 heterocycles. The fourth-order valence-corrected chi connectivity index (χ4v) is 7.69. The van der Waals surface area contributed by atoms with E-state index < -0.39 is 15.4 Å². The summed E-state index contributed by atoms with van der Waals surface area (Å²) in [6.07, 6.45) is 4.84. The van der Waals surface area contributed by atoms with Gasteiger partial charge in [0.1, 0.15) is 12.1 Å². The largest absolute Gasteiger partial charge is 1.00 e. The van der Waals surface area contributed by atoms with Gasteiger partial charge in [-0.25, -0.2) is 13.0 Å². The number of hydrogen-bond acceptors (Lipinski definition) is 8. The molecule has 0 saturated carbocycles. The molecular formula is C23H25ClIN9O3S2. The lowest BCUT2D eigenvalue weighted by molar-refractivity contribution is -0.673. The number of rotatable bonds is 6. The summed E-state index contributed by atoms with van der Waals surface area (Å²) in [5.41, 5.74) is 1.60. The Hall–Kier alpha value is -2.47. The van der Waals surface area contributed by atoms with Crippen LogP contribution >= 0.6 is 23.4 Å². The van der Waals surface area contributed by atoms with Crippen LogP contribution in [0.25, 0.3) is 10.9 Å². The average Bonchev–Trinajstić information content (AvgIpc) is 3.66. The number of benzene rings is 1. The maximum atomic E-state index is 13.7. The number of aromatic nitrogens is 6. The molecule has 4 aromatic rings. The van der Waals surface area contributed by atoms with Crippen molar-refractivity contribution in [3.05, 3.63) is 53.6 Å². The van der Waals surface area contributed by atoms with E-state index in [1.54, 1.807) is 29.2 Å². The second-order valence-electron chi connectivity index (χ2n) is 9.31. The molecule has 1 aromatic carbocycles. The van der Waals surface area contributed by atoms with Crippen molar-refractivity contribution < 1.29 is 41.8 Å². The molecule has 2 aliphatic heterocycles. The van der Waals surface area contributed by atoms with Gasteiger partial charge in [-0.15, -0.1) is 10.2 Å². The van der Waals surface area contributed by atoms with Crippen LogP contribution in [0.2, 0.25) is 5.02 Å². The van der Waals surface area contributed by atoms with Gasteiger partial charge in [0.2, 0.25) is 0 Å². The Morgan fingerprint density at radius 2 is 2.10 bits per heavy atom. The van der Waals surface area contributed by atoms with Crippen molar-refractivity contribution in [2.75, 3.05) is 25.0 Å². The first kappa shape index (κ1) is 28.1. The van der Waals surface area contributed by atoms with E-state index in [9.17, 15) is 13.2 Å². The van der Waals surface area contributed by atoms with Gasteiger partial charge in [0.15, 0.2) is 23.6 Å². The Kier molecular flexibility index (Phi) is 8.05. The van der Waals surface area contributed by atoms with Gasteiger partial charge in [-0.2, -0.15) is 9.52 Å². The molecule has 1 amide bonds. The lowest BCUT2D eigenvalue weighted by Gasteiger charge is -2.41. The third-order valence-corrected chi connectivity index (χ3v) is 9.97. The molecular weight excluding hydrogens is 677 g/mol. The van der Waals surface area contributed by atoms with Crippen molar-refractivity contribution in [3.63, 3.8) is 0 Å². The van der Waals surface area contributed by atoms with Gasteiger partial charge in [0, 0.05) is 54.1 Å². The van der Waals surface area contributed by atoms with E-state index in [1.807, 2.05) is 30.1 Å². The zero-order valence-electron chi connectivity index (χ0n) is 20.7. The maximum Gasteiger partial charge on any atom is 0.258 e. The summed E-state index contributed by atoms with van der Waals surface area (Å²) in [7, 11) is -1.90. The van der Waals surface area contributed by atoms with Gasteiger partial charge in [0.05, 0.1) is 10.6 Å². The molecule has 0 spiro atoms. The van der Waals surface area contributed by atoms with Crippen LogP contribution in [0.1, 0.15) is 12.2 Å². The van der Waals surface area contributed by atoms with Crippen LogP contribution < -0.4 is 33.9 Å². The molecule has 2 aliphatic rings. The summed E-state index contributed by atoms with van der Waals surface area (Å²) in [6, 6.07) is 8.36. The van der Waals surface area contributed by atoms with Crippen molar-refractivity contribution in [2.45, 2.75) is 34.2 Å². The average molecular weight is 702 g/mol. The molecule has 206 valence electrons. The topological polar surface area (TPSA) is 144 Å². The number of nitrogens with one attached hydrogen (secondary N) is 3. The predicted molar refractivity (Wildman–Crippen MR) is 141 cm³/mol. The van der Waals surface area contributed by atoms with Crippen LogP contribution in [0.15, 0.2) is 52.6 Å². The molecule has 1 fully saturated rings. The number of aromatic amines is 2. The Morgan fingerprint density at radius 1 is 1.26 bits per heavy atom. The number of hydrogen-bond donors (Lipinski definition) is 3. The highest BCUT2D eigenvalue weighted by Crippen LogP contribution is 2.38. The molecule has 0 radical (unpaired) electrons. The minimum atomic E-state index is -3.84. The number of thioether (sulfide) groups is 1. The minimum Gasteiger partial charge on any atom is -1.00 e. The van der Waals surface area contributed by atoms with Gasteiger partial charge >= 0.3 is 0 Å². The third-order valence-electron chi connectivity index (χ3n) is 6.81. The summed E-state index contributed by atoms with van der Waals surface area (Å²) in [5, 5.41) is 18.2. The Balaban J connectivity index is 0.00000308. The van der Waals surface area contributed by atoms with Crippen LogP contribution in [0.3, 0.4) is 0 Å². The molecule has 3 aromatic heterocycles. The molecule has 39 heavy (non-hydrogen) atoms. The number of carbonyl (C=O) groups excluding carboxylic acids is 1. The molecule has 2 atom stereocenters. The molecule has 16 heteroatoms. The van der Waals surface area contributed by atoms with Gasteiger partial charge in [-0.3, -0.25) is 4.79 Å². The van der Waals surface area contributed by atoms with Crippen molar-refractivity contribution in [3.8, 4) is 0 Å². The lowest BCUT2D eigenvalue weighted by atomic mass is 10.1. The van der Waals surface area contributed by atoms with Crippen LogP contribution in [0.4, 0.5) is 5.69 Å². The number of aryl methyl sites for hydroxylation is 2. The van der Waals surface area contributed by atoms with Crippen molar-refractivity contribution in [1.29, 1.82) is 0 Å². The van der Waals surface area contributed by atoms with Crippen molar-refractivity contribution in [2.24, 2.45) is 7.05 Å². The lowest BCUT2D eigenvalue weighted by Crippen LogP contribution is -3.00. The normalized spacial score (nSPS) is 19.5. The Bertz CT molecular complexity index is 1620. The molecule has 2 unspecified atom stereocenters. The second kappa shape index (κ2) is 11.2. The molecule has 3 N–H and O–H groups in total. The van der Waals surface area contributed by atoms with Crippen molar-refractivity contribution in [1.82, 2.24) is 34.8 Å². The summed E-state index contributed by atoms with van der Waals surface area (Å²) in [4.78, 5) is 19.5. The quantitative estimate of drug-likeness (QED) is 0.164. The van der Waals surface area contributed by atoms with Crippen LogP contribution in [0.5, 0.6) is 0 Å². The van der Waals surface area contributed by atoms with Crippen LogP contribution in [-0.4, -0.2) is 80.2 Å². The van der Waals surface area contributed by atoms with E-state index in [0.29, 0.717) is 29.2 Å². The predicted octanol–water partition coefficient (Wildman–Crippen LogP) is -1.46. The molecule has 1 saturated heterocycles. The number of halogens is 2. The summed E-state index contributed by atoms with van der Waals surface area (Å²) in [6.45, 7) is 0.605. The fraction of sp³-hybridized carbons (Fsp3) is 0.348. The summed E-state index contributed by atoms with van der Waals surface area (Å²) >= 11 is 7.55. The van der Waals surface area contributed by atoms with E-state index in [0.717, 1.165) is 16.0 Å². The summed E-state index contributed by atoms with van der Waals surface area (Å²) in [5.74, 6) is 0.433. The highest BCUT2D eigenvalue weighted by molar-refractivity contribution is 8.01. The first-order valence-electron chi connectivity index (χ1n) is 12.0. The first-order valence-corrected chi connectivity index (χ1v) is 14.7. The van der Waals surface area contributed by atoms with Crippen LogP contribution in [0, 0.1) is 0 Å². The number of pyridine rings is 1. The van der Waals surface area contributed by atoms with Gasteiger partial charge in [0.25, 0.3) is 15.9 Å². The SMILES string of the molecule is C[n+]1ccc2c(c1)SC(C(=O)N1CCN(S(=O)(=O)c3cc4cc(Cl)ccc4[nH]3)CC1CCc1nn[nH]n1)N2.[I-]. The number of H-pyrrole nitrogens is 2. The number of nitrogens with zero attached hydrogens (tertiary/aromatic N) is 6. The van der Waals surface area contributed by atoms with E-state index in [2.05, 4.69) is 30.9 Å². The van der Waals surface area contributed by atoms with Crippen LogP contribution in [-0.2, 0) is 28.3 Å². The molecule has 0 bridgehead atoms. The molecule has 6 rings (SSSR count). The van der Waals surface area contributed by atoms with Gasteiger partial charge in [-0.05, 0) is 30.7 Å². The number of anilines is 1. The van der Waals surface area contributed by atoms with E-state index in [4.69, 9.17) is 11.6 Å². The highest BCUT2D eigenvalue weighted by Gasteiger charge is 2.41. The Morgan fingerprint density at radius 3 is 2.90 bits per heavy atom. The van der Waals surface area contributed by atoms with E-state index >= 15 is 0 Å². The maximum absolute atomic E-state index is 13.7. The smallest absolute Gasteiger partial charge is 0.258 e. The first-order chi connectivity index (χ1) is 18.3. The zero-order chi connectivity index (χ0) is 26.4. The van der Waals surface area contributed by atoms with E-state index in [-0.39, 0.29) is 60.6 Å². The monoisotopic (exact) mass is 701 g/mol. The third kappa shape index (κ3) is 5.59. The number of piperazine rings is 1. The number of sulfonamides is 1. The van der Waals surface area contributed by atoms with Gasteiger partial charge < -0.3 is 39.2 Å². The standard InChI is InChI=1S/C23H24ClN9O3S2.HI/c1-31-7-6-18-19(13-31)37-22(26-18)23(34)33-9-8-32(12-16(33)3-5-20-27-29-30-28-20)38(35,36)21-11-14-10-15(24)2-4-17(14)25-21;/h2,4,6-7,10-11,13,16,22,25H,3,5,8-9,12H2,1H3,(H,27,28,29,30);1H. The Labute approximate surface area is 250 Å². The number of fused-ring (bicyclic) bond motifs is 2. The zero-order valence-corrected chi connectivity index (χ0v) is 25.3. The highest BCUT2D eigenvalue weighted by atomic mass is 127. The number of carbonyl (C=O) groups is 1. The fourth-order valence-electron chi connectivity index (χ4n) is 4.87. The minimum absolute atomic E-state index is 0. The summed E-state index contributed by atoms with van der Waals surface area (Å²) < 4.78 is 30.6. The molecule has 0 aliphatic carbocycles.